The summed E-state index contributed by atoms with van der Waals surface area (Å²) in [5.41, 5.74) is 5.81. The lowest BCUT2D eigenvalue weighted by atomic mass is 10.2. The van der Waals surface area contributed by atoms with Crippen molar-refractivity contribution in [2.24, 2.45) is 5.10 Å². The lowest BCUT2D eigenvalue weighted by Gasteiger charge is -2.11. The first-order valence-corrected chi connectivity index (χ1v) is 13.2. The molecule has 0 saturated carbocycles. The first-order chi connectivity index (χ1) is 17.4. The number of hydrogen-bond donors (Lipinski definition) is 2. The zero-order chi connectivity index (χ0) is 25.7. The molecule has 36 heavy (non-hydrogen) atoms. The lowest BCUT2D eigenvalue weighted by molar-refractivity contribution is -0.118. The van der Waals surface area contributed by atoms with Crippen LogP contribution in [0.4, 0.5) is 0 Å². The normalized spacial score (nSPS) is 11.1. The van der Waals surface area contributed by atoms with Crippen molar-refractivity contribution >= 4 is 55.7 Å². The van der Waals surface area contributed by atoms with Gasteiger partial charge >= 0.3 is 0 Å². The van der Waals surface area contributed by atoms with Gasteiger partial charge in [0.25, 0.3) is 5.91 Å². The van der Waals surface area contributed by atoms with Crippen molar-refractivity contribution in [1.29, 1.82) is 0 Å². The summed E-state index contributed by atoms with van der Waals surface area (Å²) in [5.74, 6) is 1.17. The summed E-state index contributed by atoms with van der Waals surface area (Å²) in [4.78, 5) is 12.5. The molecule has 0 atom stereocenters. The molecule has 8 nitrogen and oxygen atoms in total. The molecule has 1 aromatic heterocycles. The number of hydrazone groups is 1. The molecule has 4 aromatic rings. The molecule has 0 aliphatic carbocycles. The Hall–Kier alpha value is -3.15. The number of rotatable bonds is 8. The fraction of sp³-hybridized carbons (Fsp3) is 0.120. The first-order valence-electron chi connectivity index (χ1n) is 10.7. The Morgan fingerprint density at radius 1 is 1.14 bits per heavy atom. The number of aromatic hydroxyl groups is 1. The summed E-state index contributed by atoms with van der Waals surface area (Å²) in [6.45, 7) is 2.02. The van der Waals surface area contributed by atoms with Gasteiger partial charge in [0.05, 0.1) is 23.5 Å². The molecule has 0 spiro atoms. The van der Waals surface area contributed by atoms with Crippen molar-refractivity contribution in [3.8, 4) is 28.6 Å². The zero-order valence-corrected chi connectivity index (χ0v) is 23.3. The van der Waals surface area contributed by atoms with Crippen LogP contribution < -0.4 is 10.2 Å². The molecule has 0 aliphatic rings. The number of aromatic nitrogens is 3. The van der Waals surface area contributed by atoms with Gasteiger partial charge in [0.15, 0.2) is 11.0 Å². The maximum atomic E-state index is 12.5. The predicted octanol–water partition coefficient (Wildman–Crippen LogP) is 5.72. The highest BCUT2D eigenvalue weighted by Crippen LogP contribution is 2.31. The number of aryl methyl sites for hydroxylation is 1. The summed E-state index contributed by atoms with van der Waals surface area (Å²) in [6, 6.07) is 19.0. The Labute approximate surface area is 229 Å². The lowest BCUT2D eigenvalue weighted by Crippen LogP contribution is -2.20. The quantitative estimate of drug-likeness (QED) is 0.147. The molecule has 0 radical (unpaired) electrons. The van der Waals surface area contributed by atoms with E-state index in [0.29, 0.717) is 21.0 Å². The van der Waals surface area contributed by atoms with Gasteiger partial charge in [-0.1, -0.05) is 45.4 Å². The molecule has 0 bridgehead atoms. The monoisotopic (exact) mass is 629 g/mol. The first kappa shape index (κ1) is 25.9. The average Bonchev–Trinajstić information content (AvgIpc) is 3.30. The van der Waals surface area contributed by atoms with Gasteiger partial charge in [-0.2, -0.15) is 5.10 Å². The SMILES string of the molecule is COc1ccc(-c2nnc(SCC(=O)N/N=C\c3cc(Br)cc(Br)c3O)n2-c2ccc(C)cc2)cc1. The summed E-state index contributed by atoms with van der Waals surface area (Å²) < 4.78 is 8.46. The van der Waals surface area contributed by atoms with E-state index in [4.69, 9.17) is 4.74 Å². The van der Waals surface area contributed by atoms with Gasteiger partial charge in [-0.15, -0.1) is 10.2 Å². The van der Waals surface area contributed by atoms with Crippen molar-refractivity contribution in [3.63, 3.8) is 0 Å². The van der Waals surface area contributed by atoms with E-state index in [1.165, 1.54) is 18.0 Å². The molecule has 11 heteroatoms. The number of hydrogen-bond acceptors (Lipinski definition) is 7. The van der Waals surface area contributed by atoms with Crippen LogP contribution in [0.5, 0.6) is 11.5 Å². The Bertz CT molecular complexity index is 1410. The van der Waals surface area contributed by atoms with Crippen molar-refractivity contribution < 1.29 is 14.6 Å². The van der Waals surface area contributed by atoms with E-state index in [1.807, 2.05) is 60.0 Å². The number of nitrogens with one attached hydrogen (secondary N) is 1. The van der Waals surface area contributed by atoms with E-state index < -0.39 is 0 Å². The minimum atomic E-state index is -0.325. The highest BCUT2D eigenvalue weighted by molar-refractivity contribution is 9.11. The molecule has 1 heterocycles. The van der Waals surface area contributed by atoms with E-state index in [1.54, 1.807) is 19.2 Å². The van der Waals surface area contributed by atoms with Crippen LogP contribution in [0.1, 0.15) is 11.1 Å². The minimum Gasteiger partial charge on any atom is -0.506 e. The fourth-order valence-corrected chi connectivity index (χ4v) is 5.24. The van der Waals surface area contributed by atoms with E-state index in [2.05, 4.69) is 52.6 Å². The molecule has 184 valence electrons. The number of phenols is 1. The second-order valence-electron chi connectivity index (χ2n) is 7.61. The number of amides is 1. The Balaban J connectivity index is 1.52. The van der Waals surface area contributed by atoms with E-state index >= 15 is 0 Å². The highest BCUT2D eigenvalue weighted by Gasteiger charge is 2.17. The minimum absolute atomic E-state index is 0.0304. The number of methoxy groups -OCH3 is 1. The molecule has 0 fully saturated rings. The van der Waals surface area contributed by atoms with E-state index in [0.717, 1.165) is 27.0 Å². The Kier molecular flexibility index (Phi) is 8.44. The molecule has 4 rings (SSSR count). The zero-order valence-electron chi connectivity index (χ0n) is 19.3. The number of carbonyl (C=O) groups is 1. The third kappa shape index (κ3) is 6.15. The summed E-state index contributed by atoms with van der Waals surface area (Å²) in [6.07, 6.45) is 1.38. The van der Waals surface area contributed by atoms with E-state index in [-0.39, 0.29) is 17.4 Å². The van der Waals surface area contributed by atoms with Crippen LogP contribution in [0.3, 0.4) is 0 Å². The van der Waals surface area contributed by atoms with Gasteiger partial charge in [0, 0.05) is 21.3 Å². The number of benzene rings is 3. The van der Waals surface area contributed by atoms with Gasteiger partial charge in [-0.3, -0.25) is 9.36 Å². The third-order valence-corrected chi connectivity index (χ3v) is 7.05. The molecule has 0 saturated heterocycles. The number of halogens is 2. The van der Waals surface area contributed by atoms with Gasteiger partial charge in [-0.05, 0) is 71.4 Å². The largest absolute Gasteiger partial charge is 0.506 e. The Morgan fingerprint density at radius 2 is 1.86 bits per heavy atom. The van der Waals surface area contributed by atoms with Gasteiger partial charge < -0.3 is 9.84 Å². The van der Waals surface area contributed by atoms with Crippen LogP contribution in [-0.4, -0.2) is 44.9 Å². The van der Waals surface area contributed by atoms with Gasteiger partial charge in [-0.25, -0.2) is 5.43 Å². The second kappa shape index (κ2) is 11.7. The van der Waals surface area contributed by atoms with Crippen molar-refractivity contribution in [2.75, 3.05) is 12.9 Å². The number of thioether (sulfide) groups is 1. The molecule has 0 aliphatic heterocycles. The predicted molar refractivity (Wildman–Crippen MR) is 148 cm³/mol. The number of nitrogens with zero attached hydrogens (tertiary/aromatic N) is 4. The average molecular weight is 631 g/mol. The van der Waals surface area contributed by atoms with Crippen LogP contribution in [0.2, 0.25) is 0 Å². The third-order valence-electron chi connectivity index (χ3n) is 5.06. The molecule has 2 N–H and O–H groups in total. The number of ether oxygens (including phenoxy) is 1. The van der Waals surface area contributed by atoms with Crippen LogP contribution in [-0.2, 0) is 4.79 Å². The number of phenolic OH excluding ortho intramolecular Hbond substituents is 1. The second-order valence-corrected chi connectivity index (χ2v) is 10.3. The summed E-state index contributed by atoms with van der Waals surface area (Å²) in [7, 11) is 1.62. The molecular weight excluding hydrogens is 610 g/mol. The number of carbonyl (C=O) groups excluding carboxylic acids is 1. The standard InChI is InChI=1S/C25H21Br2N5O3S/c1-15-3-7-19(8-4-15)32-24(16-5-9-20(35-2)10-6-16)30-31-25(32)36-14-22(33)29-28-13-17-11-18(26)12-21(27)23(17)34/h3-13,34H,14H2,1-2H3,(H,29,33)/b28-13-. The maximum Gasteiger partial charge on any atom is 0.250 e. The highest BCUT2D eigenvalue weighted by atomic mass is 79.9. The summed E-state index contributed by atoms with van der Waals surface area (Å²) in [5, 5.41) is 23.4. The maximum absolute atomic E-state index is 12.5. The van der Waals surface area contributed by atoms with Crippen LogP contribution >= 0.6 is 43.6 Å². The van der Waals surface area contributed by atoms with Crippen molar-refractivity contribution in [2.45, 2.75) is 12.1 Å². The van der Waals surface area contributed by atoms with Crippen LogP contribution in [0.25, 0.3) is 17.1 Å². The molecule has 1 amide bonds. The fourth-order valence-electron chi connectivity index (χ4n) is 3.24. The van der Waals surface area contributed by atoms with Crippen molar-refractivity contribution in [3.05, 3.63) is 80.7 Å². The Morgan fingerprint density at radius 3 is 2.56 bits per heavy atom. The van der Waals surface area contributed by atoms with Gasteiger partial charge in [0.1, 0.15) is 11.5 Å². The molecule has 0 unspecified atom stereocenters. The molecular formula is C25H21Br2N5O3S. The van der Waals surface area contributed by atoms with Gasteiger partial charge in [0.2, 0.25) is 0 Å². The van der Waals surface area contributed by atoms with Crippen molar-refractivity contribution in [1.82, 2.24) is 20.2 Å². The van der Waals surface area contributed by atoms with Crippen LogP contribution in [0.15, 0.2) is 79.9 Å². The van der Waals surface area contributed by atoms with E-state index in [9.17, 15) is 9.90 Å². The summed E-state index contributed by atoms with van der Waals surface area (Å²) >= 11 is 7.88. The smallest absolute Gasteiger partial charge is 0.250 e. The van der Waals surface area contributed by atoms with Crippen LogP contribution in [0, 0.1) is 6.92 Å². The topological polar surface area (TPSA) is 102 Å². The molecule has 3 aromatic carbocycles.